The minimum atomic E-state index is -0.521. The topological polar surface area (TPSA) is 84.9 Å². The molecule has 2 aromatic heterocycles. The van der Waals surface area contributed by atoms with E-state index in [1.54, 1.807) is 22.7 Å². The number of ether oxygens (including phenoxy) is 2. The lowest BCUT2D eigenvalue weighted by Crippen LogP contribution is -2.36. The van der Waals surface area contributed by atoms with Gasteiger partial charge in [0.15, 0.2) is 0 Å². The van der Waals surface area contributed by atoms with Crippen molar-refractivity contribution in [3.63, 3.8) is 0 Å². The zero-order valence-corrected chi connectivity index (χ0v) is 29.0. The van der Waals surface area contributed by atoms with Gasteiger partial charge in [-0.2, -0.15) is 0 Å². The molecular weight excluding hydrogens is 617 g/mol. The average Bonchev–Trinajstić information content (AvgIpc) is 3.82. The third-order valence-electron chi connectivity index (χ3n) is 8.06. The van der Waals surface area contributed by atoms with E-state index in [-0.39, 0.29) is 24.3 Å². The number of amides is 2. The van der Waals surface area contributed by atoms with Crippen LogP contribution in [0.15, 0.2) is 60.1 Å². The van der Waals surface area contributed by atoms with Crippen molar-refractivity contribution in [1.82, 2.24) is 19.8 Å². The first-order chi connectivity index (χ1) is 21.8. The molecule has 242 valence electrons. The molecule has 10 heteroatoms. The molecule has 1 unspecified atom stereocenters. The number of carbonyl (C=O) groups excluding carboxylic acids is 2. The van der Waals surface area contributed by atoms with Gasteiger partial charge in [0.05, 0.1) is 22.7 Å². The summed E-state index contributed by atoms with van der Waals surface area (Å²) in [7, 11) is 0. The summed E-state index contributed by atoms with van der Waals surface area (Å²) in [5.74, 6) is 0. The number of likely N-dealkylation sites (tertiary alicyclic amines) is 2. The minimum absolute atomic E-state index is 0.0388. The fourth-order valence-electron chi connectivity index (χ4n) is 5.93. The Hall–Kier alpha value is -3.76. The van der Waals surface area contributed by atoms with Gasteiger partial charge in [-0.25, -0.2) is 19.6 Å². The van der Waals surface area contributed by atoms with Gasteiger partial charge in [-0.05, 0) is 83.9 Å². The average molecular weight is 659 g/mol. The van der Waals surface area contributed by atoms with Gasteiger partial charge in [-0.3, -0.25) is 9.80 Å². The number of nitrogens with zero attached hydrogens (tertiary/aromatic N) is 4. The van der Waals surface area contributed by atoms with Gasteiger partial charge in [-0.15, -0.1) is 22.7 Å². The summed E-state index contributed by atoms with van der Waals surface area (Å²) in [6, 6.07) is 16.9. The molecule has 0 spiro atoms. The van der Waals surface area contributed by atoms with Crippen LogP contribution in [0, 0.1) is 0 Å². The van der Waals surface area contributed by atoms with Crippen molar-refractivity contribution in [2.75, 3.05) is 13.1 Å². The lowest BCUT2D eigenvalue weighted by Gasteiger charge is -2.27. The van der Waals surface area contributed by atoms with Crippen molar-refractivity contribution < 1.29 is 19.1 Å². The van der Waals surface area contributed by atoms with Crippen molar-refractivity contribution in [3.05, 3.63) is 70.1 Å². The third kappa shape index (κ3) is 7.28. The fraction of sp³-hybridized carbons (Fsp3) is 0.444. The molecule has 0 bridgehead atoms. The van der Waals surface area contributed by atoms with Crippen molar-refractivity contribution in [1.29, 1.82) is 0 Å². The van der Waals surface area contributed by atoms with Crippen molar-refractivity contribution in [2.45, 2.75) is 90.5 Å². The molecule has 2 aliphatic heterocycles. The fourth-order valence-corrected chi connectivity index (χ4v) is 7.98. The predicted octanol–water partition coefficient (Wildman–Crippen LogP) is 9.74. The molecular formula is C36H42N4O4S2. The number of carbonyl (C=O) groups is 2. The van der Waals surface area contributed by atoms with Crippen LogP contribution in [0.1, 0.15) is 89.3 Å². The molecule has 0 radical (unpaired) electrons. The van der Waals surface area contributed by atoms with Gasteiger partial charge in [0.1, 0.15) is 21.2 Å². The maximum Gasteiger partial charge on any atom is 0.410 e. The quantitative estimate of drug-likeness (QED) is 0.212. The molecule has 0 aliphatic carbocycles. The summed E-state index contributed by atoms with van der Waals surface area (Å²) in [5, 5.41) is 3.98. The predicted molar refractivity (Wildman–Crippen MR) is 184 cm³/mol. The van der Waals surface area contributed by atoms with E-state index in [9.17, 15) is 9.59 Å². The second-order valence-electron chi connectivity index (χ2n) is 14.0. The van der Waals surface area contributed by atoms with Crippen LogP contribution in [-0.2, 0) is 9.47 Å². The van der Waals surface area contributed by atoms with E-state index in [0.29, 0.717) is 13.1 Å². The van der Waals surface area contributed by atoms with E-state index >= 15 is 0 Å². The van der Waals surface area contributed by atoms with Gasteiger partial charge >= 0.3 is 12.2 Å². The van der Waals surface area contributed by atoms with Crippen LogP contribution < -0.4 is 0 Å². The Bertz CT molecular complexity index is 1560. The Morgan fingerprint density at radius 1 is 0.717 bits per heavy atom. The van der Waals surface area contributed by atoms with Gasteiger partial charge in [-0.1, -0.05) is 48.5 Å². The molecule has 6 rings (SSSR count). The molecule has 2 fully saturated rings. The van der Waals surface area contributed by atoms with Crippen LogP contribution in [0.3, 0.4) is 0 Å². The number of aromatic nitrogens is 2. The Balaban J connectivity index is 1.11. The number of thiazole rings is 2. The van der Waals surface area contributed by atoms with E-state index in [4.69, 9.17) is 19.4 Å². The Labute approximate surface area is 279 Å². The molecule has 2 atom stereocenters. The van der Waals surface area contributed by atoms with E-state index in [1.807, 2.05) is 57.5 Å². The van der Waals surface area contributed by atoms with E-state index in [2.05, 4.69) is 53.9 Å². The highest BCUT2D eigenvalue weighted by molar-refractivity contribution is 7.15. The van der Waals surface area contributed by atoms with Gasteiger partial charge in [0.25, 0.3) is 0 Å². The molecule has 2 aliphatic rings. The second kappa shape index (κ2) is 12.8. The maximum atomic E-state index is 12.8. The number of hydrogen-bond donors (Lipinski definition) is 0. The summed E-state index contributed by atoms with van der Waals surface area (Å²) < 4.78 is 11.3. The van der Waals surface area contributed by atoms with Crippen LogP contribution in [0.2, 0.25) is 0 Å². The molecule has 8 nitrogen and oxygen atoms in total. The number of rotatable bonds is 5. The van der Waals surface area contributed by atoms with Gasteiger partial charge in [0, 0.05) is 30.2 Å². The first-order valence-electron chi connectivity index (χ1n) is 16.0. The maximum absolute atomic E-state index is 12.8. The van der Waals surface area contributed by atoms with Crippen molar-refractivity contribution in [3.8, 4) is 32.8 Å². The molecule has 4 aromatic rings. The zero-order chi connectivity index (χ0) is 32.6. The molecule has 0 N–H and O–H groups in total. The van der Waals surface area contributed by atoms with Crippen molar-refractivity contribution in [2.24, 2.45) is 0 Å². The summed E-state index contributed by atoms with van der Waals surface area (Å²) in [6.45, 7) is 12.8. The minimum Gasteiger partial charge on any atom is -0.444 e. The molecule has 2 amide bonds. The van der Waals surface area contributed by atoms with E-state index in [1.165, 1.54) is 0 Å². The SMILES string of the molecule is CC(C)(C)OC(=O)N1CCCC1c1ncc(-c2ccc(-c3ccc(-c4csc([C@@H]5CCCN5C(=O)OC(C)(C)C)n4)cc3)cc2)s1. The van der Waals surface area contributed by atoms with Gasteiger partial charge in [0.2, 0.25) is 0 Å². The summed E-state index contributed by atoms with van der Waals surface area (Å²) in [4.78, 5) is 39.9. The highest BCUT2D eigenvalue weighted by Crippen LogP contribution is 2.39. The second-order valence-corrected chi connectivity index (χ2v) is 15.9. The highest BCUT2D eigenvalue weighted by Gasteiger charge is 2.36. The highest BCUT2D eigenvalue weighted by atomic mass is 32.1. The van der Waals surface area contributed by atoms with Crippen LogP contribution in [0.5, 0.6) is 0 Å². The Kier molecular flexibility index (Phi) is 8.95. The first kappa shape index (κ1) is 32.2. The normalized spacial score (nSPS) is 18.7. The molecule has 4 heterocycles. The molecule has 2 saturated heterocycles. The molecule has 46 heavy (non-hydrogen) atoms. The van der Waals surface area contributed by atoms with E-state index in [0.717, 1.165) is 68.5 Å². The third-order valence-corrected chi connectivity index (χ3v) is 10.2. The number of benzene rings is 2. The number of hydrogen-bond acceptors (Lipinski definition) is 8. The lowest BCUT2D eigenvalue weighted by molar-refractivity contribution is 0.0213. The smallest absolute Gasteiger partial charge is 0.410 e. The van der Waals surface area contributed by atoms with Crippen LogP contribution in [0.25, 0.3) is 32.8 Å². The molecule has 0 saturated carbocycles. The standard InChI is InChI=1S/C36H42N4O4S2/c1-35(2,3)43-33(41)39-19-7-9-28(39)31-37-21-30(46-31)26-17-13-24(14-18-26)23-11-15-25(16-12-23)27-22-45-32(38-27)29-10-8-20-40(29)34(42)44-36(4,5)6/h11-18,21-22,28-29H,7-10,19-20H2,1-6H3/t28?,29-/m0/s1. The Morgan fingerprint density at radius 2 is 1.20 bits per heavy atom. The van der Waals surface area contributed by atoms with Gasteiger partial charge < -0.3 is 9.47 Å². The summed E-state index contributed by atoms with van der Waals surface area (Å²) >= 11 is 3.25. The summed E-state index contributed by atoms with van der Waals surface area (Å²) in [6.07, 6.45) is 5.07. The lowest BCUT2D eigenvalue weighted by atomic mass is 10.0. The van der Waals surface area contributed by atoms with E-state index < -0.39 is 11.2 Å². The largest absolute Gasteiger partial charge is 0.444 e. The summed E-state index contributed by atoms with van der Waals surface area (Å²) in [5.41, 5.74) is 4.29. The van der Waals surface area contributed by atoms with Crippen LogP contribution in [0.4, 0.5) is 9.59 Å². The van der Waals surface area contributed by atoms with Crippen LogP contribution in [-0.4, -0.2) is 56.2 Å². The molecule has 2 aromatic carbocycles. The monoisotopic (exact) mass is 658 g/mol. The zero-order valence-electron chi connectivity index (χ0n) is 27.4. The van der Waals surface area contributed by atoms with Crippen molar-refractivity contribution >= 4 is 34.9 Å². The Morgan fingerprint density at radius 3 is 1.72 bits per heavy atom. The van der Waals surface area contributed by atoms with Crippen LogP contribution >= 0.6 is 22.7 Å². The first-order valence-corrected chi connectivity index (χ1v) is 17.7.